The molecule has 0 atom stereocenters. The van der Waals surface area contributed by atoms with E-state index in [0.717, 1.165) is 18.2 Å². The molecule has 0 radical (unpaired) electrons. The van der Waals surface area contributed by atoms with Crippen LogP contribution in [0.25, 0.3) is 0 Å². The summed E-state index contributed by atoms with van der Waals surface area (Å²) in [5.41, 5.74) is -0.490. The van der Waals surface area contributed by atoms with Gasteiger partial charge in [0, 0.05) is 22.7 Å². The molecule has 2 rings (SSSR count). The van der Waals surface area contributed by atoms with Gasteiger partial charge in [-0.3, -0.25) is 14.9 Å². The molecule has 10 heteroatoms. The molecule has 0 aromatic heterocycles. The maximum Gasteiger partial charge on any atom is 0.338 e. The van der Waals surface area contributed by atoms with Gasteiger partial charge in [-0.15, -0.1) is 0 Å². The molecule has 0 aliphatic carbocycles. The third kappa shape index (κ3) is 4.80. The van der Waals surface area contributed by atoms with E-state index in [-0.39, 0.29) is 21.4 Å². The number of nitrogens with one attached hydrogen (secondary N) is 1. The number of amides is 1. The smallest absolute Gasteiger partial charge is 0.338 e. The van der Waals surface area contributed by atoms with Crippen LogP contribution in [-0.4, -0.2) is 23.4 Å². The number of ether oxygens (including phenoxy) is 1. The van der Waals surface area contributed by atoms with Crippen LogP contribution in [-0.2, 0) is 9.53 Å². The van der Waals surface area contributed by atoms with E-state index in [0.29, 0.717) is 6.07 Å². The lowest BCUT2D eigenvalue weighted by atomic mass is 10.2. The molecule has 0 fully saturated rings. The predicted molar refractivity (Wildman–Crippen MR) is 86.1 cm³/mol. The minimum atomic E-state index is -0.998. The predicted octanol–water partition coefficient (Wildman–Crippen LogP) is 3.43. The molecular weight excluding hydrogens is 406 g/mol. The summed E-state index contributed by atoms with van der Waals surface area (Å²) in [5.74, 6) is -3.56. The van der Waals surface area contributed by atoms with Crippen molar-refractivity contribution >= 4 is 39.2 Å². The highest BCUT2D eigenvalue weighted by molar-refractivity contribution is 9.10. The molecule has 0 heterocycles. The quantitative estimate of drug-likeness (QED) is 0.459. The van der Waals surface area contributed by atoms with Gasteiger partial charge in [-0.05, 0) is 34.1 Å². The molecule has 2 aromatic carbocycles. The summed E-state index contributed by atoms with van der Waals surface area (Å²) in [6, 6.07) is 6.12. The number of halogens is 3. The normalized spacial score (nSPS) is 10.2. The zero-order valence-electron chi connectivity index (χ0n) is 12.3. The van der Waals surface area contributed by atoms with Crippen molar-refractivity contribution in [3.8, 4) is 0 Å². The fourth-order valence-corrected chi connectivity index (χ4v) is 2.28. The third-order valence-corrected chi connectivity index (χ3v) is 3.54. The summed E-state index contributed by atoms with van der Waals surface area (Å²) < 4.78 is 31.3. The Hall–Kier alpha value is -2.88. The number of non-ortho nitro benzene ring substituents is 1. The van der Waals surface area contributed by atoms with Gasteiger partial charge in [-0.25, -0.2) is 13.6 Å². The lowest BCUT2D eigenvalue weighted by Crippen LogP contribution is -2.21. The second-order valence-electron chi connectivity index (χ2n) is 4.67. The van der Waals surface area contributed by atoms with Gasteiger partial charge in [-0.1, -0.05) is 0 Å². The Kier molecular flexibility index (Phi) is 5.75. The third-order valence-electron chi connectivity index (χ3n) is 2.92. The Labute approximate surface area is 147 Å². The van der Waals surface area contributed by atoms with Crippen molar-refractivity contribution < 1.29 is 28.0 Å². The van der Waals surface area contributed by atoms with E-state index in [1.165, 1.54) is 12.1 Å². The van der Waals surface area contributed by atoms with E-state index in [2.05, 4.69) is 21.2 Å². The maximum atomic E-state index is 13.6. The van der Waals surface area contributed by atoms with Gasteiger partial charge in [0.25, 0.3) is 11.6 Å². The van der Waals surface area contributed by atoms with Crippen LogP contribution < -0.4 is 5.32 Å². The highest BCUT2D eigenvalue weighted by Crippen LogP contribution is 2.26. The fourth-order valence-electron chi connectivity index (χ4n) is 1.77. The molecule has 1 N–H and O–H groups in total. The average molecular weight is 415 g/mol. The van der Waals surface area contributed by atoms with Crippen LogP contribution in [0.4, 0.5) is 20.2 Å². The van der Waals surface area contributed by atoms with E-state index >= 15 is 0 Å². The minimum Gasteiger partial charge on any atom is -0.452 e. The number of carbonyl (C=O) groups is 2. The summed E-state index contributed by atoms with van der Waals surface area (Å²) in [6.45, 7) is -0.723. The molecule has 0 saturated carbocycles. The molecule has 0 unspecified atom stereocenters. The number of hydrogen-bond acceptors (Lipinski definition) is 5. The molecule has 7 nitrogen and oxygen atoms in total. The Morgan fingerprint density at radius 1 is 1.20 bits per heavy atom. The highest BCUT2D eigenvalue weighted by atomic mass is 79.9. The largest absolute Gasteiger partial charge is 0.452 e. The van der Waals surface area contributed by atoms with Gasteiger partial charge in [0.15, 0.2) is 12.4 Å². The molecule has 0 aliphatic heterocycles. The van der Waals surface area contributed by atoms with Gasteiger partial charge in [0.05, 0.1) is 16.2 Å². The van der Waals surface area contributed by atoms with E-state index in [4.69, 9.17) is 4.74 Å². The van der Waals surface area contributed by atoms with Crippen LogP contribution >= 0.6 is 15.9 Å². The summed E-state index contributed by atoms with van der Waals surface area (Å²) in [5, 5.41) is 12.7. The zero-order valence-corrected chi connectivity index (χ0v) is 13.9. The molecular formula is C15H9BrF2N2O5. The summed E-state index contributed by atoms with van der Waals surface area (Å²) in [4.78, 5) is 33.4. The monoisotopic (exact) mass is 414 g/mol. The fraction of sp³-hybridized carbons (Fsp3) is 0.0667. The molecule has 130 valence electrons. The Balaban J connectivity index is 1.96. The van der Waals surface area contributed by atoms with E-state index in [1.807, 2.05) is 0 Å². The summed E-state index contributed by atoms with van der Waals surface area (Å²) in [7, 11) is 0. The van der Waals surface area contributed by atoms with E-state index in [1.54, 1.807) is 0 Å². The second-order valence-corrected chi connectivity index (χ2v) is 5.53. The van der Waals surface area contributed by atoms with Crippen LogP contribution in [0.3, 0.4) is 0 Å². The number of rotatable bonds is 5. The number of nitrogens with zero attached hydrogens (tertiary/aromatic N) is 1. The van der Waals surface area contributed by atoms with Gasteiger partial charge in [0.2, 0.25) is 0 Å². The lowest BCUT2D eigenvalue weighted by molar-refractivity contribution is -0.384. The number of anilines is 1. The molecule has 0 aliphatic rings. The van der Waals surface area contributed by atoms with Crippen LogP contribution in [0.15, 0.2) is 40.9 Å². The van der Waals surface area contributed by atoms with Crippen molar-refractivity contribution in [1.82, 2.24) is 0 Å². The van der Waals surface area contributed by atoms with Crippen LogP contribution in [0.1, 0.15) is 10.4 Å². The first kappa shape index (κ1) is 18.5. The van der Waals surface area contributed by atoms with Crippen molar-refractivity contribution in [2.45, 2.75) is 0 Å². The van der Waals surface area contributed by atoms with Crippen molar-refractivity contribution in [3.05, 3.63) is 68.2 Å². The number of benzene rings is 2. The first-order valence-corrected chi connectivity index (χ1v) is 7.43. The standard InChI is InChI=1S/C15H9BrF2N2O5/c16-11-5-9(17)6-12(18)14(11)19-13(21)7-25-15(22)8-1-3-10(4-2-8)20(23)24/h1-6H,7H2,(H,19,21). The maximum absolute atomic E-state index is 13.6. The highest BCUT2D eigenvalue weighted by Gasteiger charge is 2.15. The number of carbonyl (C=O) groups excluding carboxylic acids is 2. The van der Waals surface area contributed by atoms with Crippen molar-refractivity contribution in [2.24, 2.45) is 0 Å². The Morgan fingerprint density at radius 3 is 2.40 bits per heavy atom. The van der Waals surface area contributed by atoms with E-state index < -0.39 is 35.0 Å². The van der Waals surface area contributed by atoms with Gasteiger partial charge < -0.3 is 10.1 Å². The minimum absolute atomic E-state index is 0.00698. The zero-order chi connectivity index (χ0) is 18.6. The number of nitro groups is 1. The van der Waals surface area contributed by atoms with Crippen LogP contribution in [0, 0.1) is 21.7 Å². The Bertz CT molecular complexity index is 819. The van der Waals surface area contributed by atoms with Crippen molar-refractivity contribution in [2.75, 3.05) is 11.9 Å². The summed E-state index contributed by atoms with van der Waals surface area (Å²) >= 11 is 2.90. The summed E-state index contributed by atoms with van der Waals surface area (Å²) in [6.07, 6.45) is 0. The second kappa shape index (κ2) is 7.79. The molecule has 0 bridgehead atoms. The van der Waals surface area contributed by atoms with Gasteiger partial charge >= 0.3 is 5.97 Å². The van der Waals surface area contributed by atoms with E-state index in [9.17, 15) is 28.5 Å². The van der Waals surface area contributed by atoms with Gasteiger partial charge in [-0.2, -0.15) is 0 Å². The van der Waals surface area contributed by atoms with Crippen molar-refractivity contribution in [1.29, 1.82) is 0 Å². The first-order valence-electron chi connectivity index (χ1n) is 6.64. The molecule has 2 aromatic rings. The number of esters is 1. The van der Waals surface area contributed by atoms with Crippen LogP contribution in [0.5, 0.6) is 0 Å². The van der Waals surface area contributed by atoms with Crippen molar-refractivity contribution in [3.63, 3.8) is 0 Å². The van der Waals surface area contributed by atoms with Crippen LogP contribution in [0.2, 0.25) is 0 Å². The number of nitro benzene ring substituents is 1. The topological polar surface area (TPSA) is 98.5 Å². The molecule has 0 spiro atoms. The Morgan fingerprint density at radius 2 is 1.84 bits per heavy atom. The average Bonchev–Trinajstić information content (AvgIpc) is 2.56. The molecule has 0 saturated heterocycles. The SMILES string of the molecule is O=C(COC(=O)c1ccc([N+](=O)[O-])cc1)Nc1c(F)cc(F)cc1Br. The molecule has 1 amide bonds. The number of hydrogen-bond donors (Lipinski definition) is 1. The lowest BCUT2D eigenvalue weighted by Gasteiger charge is -2.09. The van der Waals surface area contributed by atoms with Gasteiger partial charge in [0.1, 0.15) is 5.82 Å². The first-order chi connectivity index (χ1) is 11.8. The molecule has 25 heavy (non-hydrogen) atoms.